The molecule has 0 aromatic heterocycles. The lowest BCUT2D eigenvalue weighted by molar-refractivity contribution is 0.0925. The first-order chi connectivity index (χ1) is 12.1. The number of sulfonamides is 1. The number of rotatable bonds is 6. The van der Waals surface area contributed by atoms with Crippen LogP contribution in [0.2, 0.25) is 0 Å². The summed E-state index contributed by atoms with van der Waals surface area (Å²) in [6.07, 6.45) is 0. The molecule has 2 aromatic rings. The van der Waals surface area contributed by atoms with Crippen LogP contribution in [0.25, 0.3) is 0 Å². The molecule has 0 heterocycles. The van der Waals surface area contributed by atoms with Gasteiger partial charge < -0.3 is 5.32 Å². The number of amides is 1. The highest BCUT2D eigenvalue weighted by Gasteiger charge is 2.22. The predicted octanol–water partition coefficient (Wildman–Crippen LogP) is 3.20. The number of carbonyl (C=O) groups excluding carboxylic acids is 1. The zero-order chi connectivity index (χ0) is 19.5. The molecular weight excluding hydrogens is 355 g/mol. The van der Waals surface area contributed by atoms with E-state index in [1.807, 2.05) is 13.8 Å². The summed E-state index contributed by atoms with van der Waals surface area (Å²) >= 11 is 0. The van der Waals surface area contributed by atoms with E-state index < -0.39 is 10.0 Å². The minimum Gasteiger partial charge on any atom is -0.345 e. The van der Waals surface area contributed by atoms with Crippen molar-refractivity contribution in [1.29, 1.82) is 0 Å². The van der Waals surface area contributed by atoms with Gasteiger partial charge in [-0.3, -0.25) is 4.79 Å². The van der Waals surface area contributed by atoms with Crippen LogP contribution in [0.3, 0.4) is 0 Å². The summed E-state index contributed by atoms with van der Waals surface area (Å²) in [6.45, 7) is 3.89. The Morgan fingerprint density at radius 2 is 1.69 bits per heavy atom. The minimum atomic E-state index is -3.62. The fourth-order valence-electron chi connectivity index (χ4n) is 2.54. The quantitative estimate of drug-likeness (QED) is 0.839. The topological polar surface area (TPSA) is 66.5 Å². The van der Waals surface area contributed by atoms with E-state index in [0.29, 0.717) is 0 Å². The van der Waals surface area contributed by atoms with E-state index in [2.05, 4.69) is 5.32 Å². The summed E-state index contributed by atoms with van der Waals surface area (Å²) in [7, 11) is -0.751. The molecule has 0 bridgehead atoms. The van der Waals surface area contributed by atoms with E-state index in [1.54, 1.807) is 18.2 Å². The lowest BCUT2D eigenvalue weighted by Crippen LogP contribution is -2.32. The van der Waals surface area contributed by atoms with Crippen LogP contribution < -0.4 is 5.32 Å². The maximum Gasteiger partial charge on any atom is 0.251 e. The van der Waals surface area contributed by atoms with Gasteiger partial charge in [0.05, 0.1) is 10.9 Å². The van der Waals surface area contributed by atoms with Crippen molar-refractivity contribution in [3.8, 4) is 0 Å². The van der Waals surface area contributed by atoms with Gasteiger partial charge in [0, 0.05) is 19.7 Å². The molecule has 1 amide bonds. The Labute approximate surface area is 153 Å². The van der Waals surface area contributed by atoms with E-state index in [-0.39, 0.29) is 34.1 Å². The van der Waals surface area contributed by atoms with Crippen LogP contribution in [0.5, 0.6) is 0 Å². The lowest BCUT2D eigenvalue weighted by Gasteiger charge is -2.23. The molecule has 2 aromatic carbocycles. The summed E-state index contributed by atoms with van der Waals surface area (Å²) in [5, 5.41) is 2.91. The number of nitrogens with zero attached hydrogens (tertiary/aromatic N) is 1. The third kappa shape index (κ3) is 4.47. The summed E-state index contributed by atoms with van der Waals surface area (Å²) in [5.41, 5.74) is 1.03. The van der Waals surface area contributed by atoms with Crippen LogP contribution >= 0.6 is 0 Å². The summed E-state index contributed by atoms with van der Waals surface area (Å²) < 4.78 is 38.7. The molecule has 1 atom stereocenters. The molecule has 5 nitrogen and oxygen atoms in total. The van der Waals surface area contributed by atoms with Crippen molar-refractivity contribution in [3.63, 3.8) is 0 Å². The van der Waals surface area contributed by atoms with Crippen LogP contribution in [0, 0.1) is 11.7 Å². The monoisotopic (exact) mass is 378 g/mol. The van der Waals surface area contributed by atoms with Crippen molar-refractivity contribution < 1.29 is 17.6 Å². The van der Waals surface area contributed by atoms with Gasteiger partial charge in [-0.05, 0) is 41.8 Å². The molecule has 140 valence electrons. The number of benzene rings is 2. The van der Waals surface area contributed by atoms with Gasteiger partial charge in [-0.25, -0.2) is 17.1 Å². The van der Waals surface area contributed by atoms with Crippen LogP contribution in [0.4, 0.5) is 4.39 Å². The van der Waals surface area contributed by atoms with Gasteiger partial charge in [0.1, 0.15) is 5.82 Å². The Kier molecular flexibility index (Phi) is 6.15. The predicted molar refractivity (Wildman–Crippen MR) is 98.8 cm³/mol. The SMILES string of the molecule is CC(C)[C@@H](NC(=O)c1cccc(S(=O)(=O)N(C)C)c1)c1ccc(F)cc1. The zero-order valence-corrected chi connectivity index (χ0v) is 16.0. The fourth-order valence-corrected chi connectivity index (χ4v) is 3.49. The molecule has 2 rings (SSSR count). The summed E-state index contributed by atoms with van der Waals surface area (Å²) in [6, 6.07) is 11.5. The molecule has 1 N–H and O–H groups in total. The second-order valence-electron chi connectivity index (χ2n) is 6.56. The number of nitrogens with one attached hydrogen (secondary N) is 1. The normalized spacial score (nSPS) is 13.0. The zero-order valence-electron chi connectivity index (χ0n) is 15.2. The molecule has 0 fully saturated rings. The van der Waals surface area contributed by atoms with Crippen LogP contribution in [-0.2, 0) is 10.0 Å². The smallest absolute Gasteiger partial charge is 0.251 e. The van der Waals surface area contributed by atoms with E-state index in [4.69, 9.17) is 0 Å². The number of hydrogen-bond acceptors (Lipinski definition) is 3. The first-order valence-electron chi connectivity index (χ1n) is 8.22. The van der Waals surface area contributed by atoms with E-state index in [9.17, 15) is 17.6 Å². The third-order valence-corrected chi connectivity index (χ3v) is 5.87. The van der Waals surface area contributed by atoms with Crippen molar-refractivity contribution in [2.24, 2.45) is 5.92 Å². The van der Waals surface area contributed by atoms with Gasteiger partial charge in [0.2, 0.25) is 10.0 Å². The molecule has 0 saturated carbocycles. The lowest BCUT2D eigenvalue weighted by atomic mass is 9.95. The Balaban J connectivity index is 2.29. The molecule has 0 unspecified atom stereocenters. The first-order valence-corrected chi connectivity index (χ1v) is 9.66. The highest BCUT2D eigenvalue weighted by Crippen LogP contribution is 2.23. The van der Waals surface area contributed by atoms with Gasteiger partial charge in [-0.15, -0.1) is 0 Å². The highest BCUT2D eigenvalue weighted by atomic mass is 32.2. The maximum atomic E-state index is 13.2. The molecular formula is C19H23FN2O3S. The van der Waals surface area contributed by atoms with Crippen LogP contribution in [0.1, 0.15) is 35.8 Å². The van der Waals surface area contributed by atoms with Crippen molar-refractivity contribution in [2.45, 2.75) is 24.8 Å². The van der Waals surface area contributed by atoms with E-state index >= 15 is 0 Å². The number of carbonyl (C=O) groups is 1. The third-order valence-electron chi connectivity index (χ3n) is 4.06. The molecule has 0 aliphatic heterocycles. The van der Waals surface area contributed by atoms with Crippen LogP contribution in [0.15, 0.2) is 53.4 Å². The van der Waals surface area contributed by atoms with Crippen molar-refractivity contribution in [2.75, 3.05) is 14.1 Å². The average Bonchev–Trinajstić information content (AvgIpc) is 2.60. The van der Waals surface area contributed by atoms with Crippen molar-refractivity contribution >= 4 is 15.9 Å². The van der Waals surface area contributed by atoms with Crippen molar-refractivity contribution in [3.05, 3.63) is 65.5 Å². The number of halogens is 1. The highest BCUT2D eigenvalue weighted by molar-refractivity contribution is 7.89. The molecule has 0 radical (unpaired) electrons. The van der Waals surface area contributed by atoms with Crippen molar-refractivity contribution in [1.82, 2.24) is 9.62 Å². The van der Waals surface area contributed by atoms with Gasteiger partial charge in [-0.1, -0.05) is 32.0 Å². The summed E-state index contributed by atoms with van der Waals surface area (Å²) in [4.78, 5) is 12.7. The second kappa shape index (κ2) is 7.97. The Hall–Kier alpha value is -2.25. The molecule has 7 heteroatoms. The molecule has 0 aliphatic carbocycles. The number of hydrogen-bond donors (Lipinski definition) is 1. The van der Waals surface area contributed by atoms with Crippen LogP contribution in [-0.4, -0.2) is 32.7 Å². The Morgan fingerprint density at radius 1 is 1.08 bits per heavy atom. The second-order valence-corrected chi connectivity index (χ2v) is 8.71. The average molecular weight is 378 g/mol. The standard InChI is InChI=1S/C19H23FN2O3S/c1-13(2)18(14-8-10-16(20)11-9-14)21-19(23)15-6-5-7-17(12-15)26(24,25)22(3)4/h5-13,18H,1-4H3,(H,21,23)/t18-/m1/s1. The van der Waals surface area contributed by atoms with Gasteiger partial charge in [0.15, 0.2) is 0 Å². The van der Waals surface area contributed by atoms with Gasteiger partial charge in [0.25, 0.3) is 5.91 Å². The first kappa shape index (κ1) is 20.1. The maximum absolute atomic E-state index is 13.2. The molecule has 0 spiro atoms. The fraction of sp³-hybridized carbons (Fsp3) is 0.316. The Morgan fingerprint density at radius 3 is 2.23 bits per heavy atom. The van der Waals surface area contributed by atoms with Gasteiger partial charge >= 0.3 is 0 Å². The summed E-state index contributed by atoms with van der Waals surface area (Å²) in [5.74, 6) is -0.661. The van der Waals surface area contributed by atoms with E-state index in [0.717, 1.165) is 9.87 Å². The Bertz CT molecular complexity index is 878. The largest absolute Gasteiger partial charge is 0.345 e. The van der Waals surface area contributed by atoms with Gasteiger partial charge in [-0.2, -0.15) is 0 Å². The van der Waals surface area contributed by atoms with E-state index in [1.165, 1.54) is 44.4 Å². The molecule has 26 heavy (non-hydrogen) atoms. The molecule has 0 saturated heterocycles. The minimum absolute atomic E-state index is 0.0537. The molecule has 0 aliphatic rings.